The van der Waals surface area contributed by atoms with Gasteiger partial charge in [0.1, 0.15) is 4.34 Å². The maximum Gasteiger partial charge on any atom is 0.258 e. The van der Waals surface area contributed by atoms with Crippen molar-refractivity contribution in [2.45, 2.75) is 0 Å². The summed E-state index contributed by atoms with van der Waals surface area (Å²) >= 11 is 6.91. The van der Waals surface area contributed by atoms with Crippen LogP contribution in [0.2, 0.25) is 4.34 Å². The standard InChI is InChI=1S/C10H6ClN2OS/c11-8-6-12-10(15-8)13-9(14)7-4-2-1-3-5-7/h1-4,6H,(H,12,13,14). The summed E-state index contributed by atoms with van der Waals surface area (Å²) in [5, 5.41) is 3.12. The second kappa shape index (κ2) is 4.42. The minimum atomic E-state index is -0.235. The van der Waals surface area contributed by atoms with Crippen LogP contribution in [0.1, 0.15) is 10.4 Å². The third kappa shape index (κ3) is 2.55. The second-order valence-electron chi connectivity index (χ2n) is 2.70. The number of halogens is 1. The van der Waals surface area contributed by atoms with E-state index < -0.39 is 0 Å². The topological polar surface area (TPSA) is 42.0 Å². The first-order chi connectivity index (χ1) is 7.25. The summed E-state index contributed by atoms with van der Waals surface area (Å²) in [7, 11) is 0. The van der Waals surface area contributed by atoms with E-state index in [9.17, 15) is 4.79 Å². The molecule has 0 unspecified atom stereocenters. The highest BCUT2D eigenvalue weighted by Gasteiger charge is 2.07. The molecule has 1 radical (unpaired) electrons. The molecule has 0 aliphatic heterocycles. The molecule has 0 bridgehead atoms. The van der Waals surface area contributed by atoms with Crippen LogP contribution in [0.4, 0.5) is 5.13 Å². The Morgan fingerprint density at radius 1 is 1.53 bits per heavy atom. The summed E-state index contributed by atoms with van der Waals surface area (Å²) in [4.78, 5) is 15.5. The summed E-state index contributed by atoms with van der Waals surface area (Å²) in [5.74, 6) is -0.235. The molecule has 1 heterocycles. The fourth-order valence-corrected chi connectivity index (χ4v) is 1.82. The molecule has 75 valence electrons. The summed E-state index contributed by atoms with van der Waals surface area (Å²) in [6.07, 6.45) is 1.50. The first-order valence-corrected chi connectivity index (χ1v) is 5.34. The van der Waals surface area contributed by atoms with Crippen molar-refractivity contribution in [3.8, 4) is 0 Å². The number of hydrogen-bond acceptors (Lipinski definition) is 3. The molecule has 1 N–H and O–H groups in total. The number of carbonyl (C=O) groups is 1. The molecule has 0 saturated heterocycles. The van der Waals surface area contributed by atoms with E-state index >= 15 is 0 Å². The quantitative estimate of drug-likeness (QED) is 0.873. The Morgan fingerprint density at radius 2 is 2.40 bits per heavy atom. The van der Waals surface area contributed by atoms with Crippen LogP contribution in [0.15, 0.2) is 30.5 Å². The first kappa shape index (κ1) is 10.1. The molecule has 2 aromatic rings. The average molecular weight is 238 g/mol. The number of nitrogens with zero attached hydrogens (tertiary/aromatic N) is 1. The van der Waals surface area contributed by atoms with Gasteiger partial charge in [0.15, 0.2) is 5.13 Å². The fourth-order valence-electron chi connectivity index (χ4n) is 1.01. The van der Waals surface area contributed by atoms with Crippen LogP contribution >= 0.6 is 22.9 Å². The van der Waals surface area contributed by atoms with Gasteiger partial charge in [-0.3, -0.25) is 10.1 Å². The lowest BCUT2D eigenvalue weighted by molar-refractivity contribution is 0.102. The van der Waals surface area contributed by atoms with Gasteiger partial charge in [-0.2, -0.15) is 0 Å². The molecule has 3 nitrogen and oxygen atoms in total. The smallest absolute Gasteiger partial charge is 0.258 e. The lowest BCUT2D eigenvalue weighted by Gasteiger charge is -1.99. The second-order valence-corrected chi connectivity index (χ2v) is 4.36. The molecule has 2 rings (SSSR count). The molecule has 0 spiro atoms. The van der Waals surface area contributed by atoms with Crippen molar-refractivity contribution in [2.24, 2.45) is 0 Å². The molecule has 1 amide bonds. The predicted octanol–water partition coefficient (Wildman–Crippen LogP) is 2.85. The number of nitrogens with one attached hydrogen (secondary N) is 1. The van der Waals surface area contributed by atoms with Gasteiger partial charge in [-0.05, 0) is 12.1 Å². The van der Waals surface area contributed by atoms with E-state index in [2.05, 4.69) is 16.4 Å². The van der Waals surface area contributed by atoms with E-state index in [1.807, 2.05) is 0 Å². The van der Waals surface area contributed by atoms with Gasteiger partial charge in [-0.15, -0.1) is 0 Å². The van der Waals surface area contributed by atoms with Gasteiger partial charge in [0, 0.05) is 5.56 Å². The molecular weight excluding hydrogens is 232 g/mol. The Hall–Kier alpha value is -1.39. The first-order valence-electron chi connectivity index (χ1n) is 4.15. The number of carbonyl (C=O) groups excluding carboxylic acids is 1. The number of anilines is 1. The van der Waals surface area contributed by atoms with E-state index in [1.54, 1.807) is 24.3 Å². The van der Waals surface area contributed by atoms with Gasteiger partial charge in [0.05, 0.1) is 6.20 Å². The fraction of sp³-hybridized carbons (Fsp3) is 0. The van der Waals surface area contributed by atoms with Crippen molar-refractivity contribution in [3.05, 3.63) is 46.4 Å². The van der Waals surface area contributed by atoms with Crippen molar-refractivity contribution < 1.29 is 4.79 Å². The maximum atomic E-state index is 11.6. The van der Waals surface area contributed by atoms with Crippen LogP contribution in [0.5, 0.6) is 0 Å². The number of rotatable bonds is 2. The number of benzene rings is 1. The highest BCUT2D eigenvalue weighted by Crippen LogP contribution is 2.22. The van der Waals surface area contributed by atoms with Crippen molar-refractivity contribution >= 4 is 34.0 Å². The number of aromatic nitrogens is 1. The summed E-state index contributed by atoms with van der Waals surface area (Å²) < 4.78 is 0.544. The minimum Gasteiger partial charge on any atom is -0.298 e. The lowest BCUT2D eigenvalue weighted by atomic mass is 10.2. The monoisotopic (exact) mass is 237 g/mol. The third-order valence-corrected chi connectivity index (χ3v) is 2.68. The van der Waals surface area contributed by atoms with Gasteiger partial charge in [0.2, 0.25) is 0 Å². The van der Waals surface area contributed by atoms with E-state index in [4.69, 9.17) is 11.6 Å². The molecule has 15 heavy (non-hydrogen) atoms. The highest BCUT2D eigenvalue weighted by atomic mass is 35.5. The van der Waals surface area contributed by atoms with E-state index in [-0.39, 0.29) is 5.91 Å². The van der Waals surface area contributed by atoms with Crippen molar-refractivity contribution in [1.82, 2.24) is 4.98 Å². The lowest BCUT2D eigenvalue weighted by Crippen LogP contribution is -2.11. The SMILES string of the molecule is O=C(Nc1ncc(Cl)s1)c1[c]cccc1. The van der Waals surface area contributed by atoms with Crippen LogP contribution in [0.3, 0.4) is 0 Å². The number of hydrogen-bond donors (Lipinski definition) is 1. The van der Waals surface area contributed by atoms with Crippen molar-refractivity contribution in [2.75, 3.05) is 5.32 Å². The largest absolute Gasteiger partial charge is 0.298 e. The van der Waals surface area contributed by atoms with Crippen LogP contribution in [-0.2, 0) is 0 Å². The van der Waals surface area contributed by atoms with E-state index in [1.165, 1.54) is 17.5 Å². The van der Waals surface area contributed by atoms with Gasteiger partial charge in [0.25, 0.3) is 5.91 Å². The molecule has 0 aliphatic rings. The molecule has 1 aromatic carbocycles. The third-order valence-electron chi connectivity index (χ3n) is 1.65. The van der Waals surface area contributed by atoms with Crippen LogP contribution in [0, 0.1) is 6.07 Å². The zero-order chi connectivity index (χ0) is 10.7. The van der Waals surface area contributed by atoms with Gasteiger partial charge in [-0.25, -0.2) is 4.98 Å². The Bertz CT molecular complexity index is 469. The molecule has 5 heteroatoms. The number of thiazole rings is 1. The number of amides is 1. The Balaban J connectivity index is 2.11. The van der Waals surface area contributed by atoms with E-state index in [0.717, 1.165) is 0 Å². The summed E-state index contributed by atoms with van der Waals surface area (Å²) in [6, 6.07) is 9.78. The molecule has 0 fully saturated rings. The van der Waals surface area contributed by atoms with E-state index in [0.29, 0.717) is 15.0 Å². The molecule has 0 atom stereocenters. The molecule has 0 aliphatic carbocycles. The van der Waals surface area contributed by atoms with Gasteiger partial charge < -0.3 is 0 Å². The highest BCUT2D eigenvalue weighted by molar-refractivity contribution is 7.19. The average Bonchev–Trinajstić information content (AvgIpc) is 2.65. The molecule has 1 aromatic heterocycles. The Labute approximate surface area is 95.7 Å². The zero-order valence-electron chi connectivity index (χ0n) is 7.53. The van der Waals surface area contributed by atoms with Crippen molar-refractivity contribution in [1.29, 1.82) is 0 Å². The van der Waals surface area contributed by atoms with Gasteiger partial charge in [-0.1, -0.05) is 41.1 Å². The van der Waals surface area contributed by atoms with Crippen LogP contribution in [0.25, 0.3) is 0 Å². The molecular formula is C10H6ClN2OS. The van der Waals surface area contributed by atoms with Crippen LogP contribution < -0.4 is 5.32 Å². The minimum absolute atomic E-state index is 0.235. The molecule has 0 saturated carbocycles. The maximum absolute atomic E-state index is 11.6. The normalized spacial score (nSPS) is 9.93. The Kier molecular flexibility index (Phi) is 2.99. The summed E-state index contributed by atoms with van der Waals surface area (Å²) in [6.45, 7) is 0. The Morgan fingerprint density at radius 3 is 3.00 bits per heavy atom. The summed E-state index contributed by atoms with van der Waals surface area (Å²) in [5.41, 5.74) is 0.476. The zero-order valence-corrected chi connectivity index (χ0v) is 9.10. The van der Waals surface area contributed by atoms with Crippen LogP contribution in [-0.4, -0.2) is 10.9 Å². The van der Waals surface area contributed by atoms with Gasteiger partial charge >= 0.3 is 0 Å². The van der Waals surface area contributed by atoms with Crippen molar-refractivity contribution in [3.63, 3.8) is 0 Å². The predicted molar refractivity (Wildman–Crippen MR) is 60.4 cm³/mol.